The molecule has 2 aromatic rings. The Hall–Kier alpha value is -0.432. The minimum atomic E-state index is -11.2. The Morgan fingerprint density at radius 3 is 1.36 bits per heavy atom. The first-order valence-corrected chi connectivity index (χ1v) is 18.7. The quantitative estimate of drug-likeness (QED) is 0.0856. The van der Waals surface area contributed by atoms with Crippen molar-refractivity contribution >= 4 is 39.3 Å². The van der Waals surface area contributed by atoms with Gasteiger partial charge in [-0.15, -0.1) is 0 Å². The number of hydrogen-bond acceptors (Lipinski definition) is 0. The van der Waals surface area contributed by atoms with E-state index in [-0.39, 0.29) is 0 Å². The van der Waals surface area contributed by atoms with E-state index in [0.29, 0.717) is 0 Å². The number of unbranched alkanes of at least 4 members (excludes halogenated alkanes) is 5. The van der Waals surface area contributed by atoms with E-state index in [1.807, 2.05) is 0 Å². The summed E-state index contributed by atoms with van der Waals surface area (Å²) >= 11 is -12.5. The molecule has 2 aromatic carbocycles. The number of hydrogen-bond donors (Lipinski definition) is 0. The third kappa shape index (κ3) is 15.5. The molecule has 0 aliphatic carbocycles. The average molecular weight is 630 g/mol. The van der Waals surface area contributed by atoms with Crippen molar-refractivity contribution in [3.05, 3.63) is 67.8 Å². The van der Waals surface area contributed by atoms with Gasteiger partial charge in [0, 0.05) is 0 Å². The maximum absolute atomic E-state index is 11.2. The predicted molar refractivity (Wildman–Crippen MR) is 115 cm³/mol. The number of halogens is 7. The van der Waals surface area contributed by atoms with E-state index in [4.69, 9.17) is 0 Å². The molecule has 162 valence electrons. The molecule has 0 N–H and O–H groups in total. The van der Waals surface area contributed by atoms with E-state index in [9.17, 15) is 16.9 Å². The standard InChI is InChI=1S/C20H27I.6FH.Sb/c1-2-3-4-5-6-13-18-21(19-14-9-7-10-15-19)20-16-11-8-12-17-20;;;;;;;/h7-12,14-17H,2-6,13,18H2,1H3;6*1H;/q;;;;;;;+5/p-6. The Morgan fingerprint density at radius 1 is 0.607 bits per heavy atom. The van der Waals surface area contributed by atoms with Crippen molar-refractivity contribution in [3.63, 3.8) is 0 Å². The fourth-order valence-electron chi connectivity index (χ4n) is 2.49. The summed E-state index contributed by atoms with van der Waals surface area (Å²) in [7, 11) is 0. The van der Waals surface area contributed by atoms with Crippen LogP contribution in [0.25, 0.3) is 0 Å². The van der Waals surface area contributed by atoms with E-state index >= 15 is 0 Å². The Morgan fingerprint density at radius 2 is 0.964 bits per heavy atom. The SMILES string of the molecule is CCCCCCCCI(c1ccccc1)c1ccccc1.[F][Sb-]([F])([F])([F])([F])[F]. The summed E-state index contributed by atoms with van der Waals surface area (Å²) in [4.78, 5) is 0. The first kappa shape index (κ1) is 25.6. The van der Waals surface area contributed by atoms with Gasteiger partial charge in [0.15, 0.2) is 0 Å². The zero-order valence-electron chi connectivity index (χ0n) is 15.8. The second kappa shape index (κ2) is 10.6. The molecule has 0 radical (unpaired) electrons. The molecule has 2 rings (SSSR count). The van der Waals surface area contributed by atoms with Gasteiger partial charge in [-0.05, 0) is 0 Å². The summed E-state index contributed by atoms with van der Waals surface area (Å²) in [6.45, 7) is 2.29. The molecule has 0 spiro atoms. The van der Waals surface area contributed by atoms with Gasteiger partial charge < -0.3 is 0 Å². The molecule has 0 heterocycles. The van der Waals surface area contributed by atoms with Crippen molar-refractivity contribution in [2.45, 2.75) is 45.4 Å². The number of alkyl halides is 1. The first-order chi connectivity index (χ1) is 12.9. The van der Waals surface area contributed by atoms with Crippen molar-refractivity contribution in [1.82, 2.24) is 0 Å². The molecule has 0 nitrogen and oxygen atoms in total. The molecule has 0 bridgehead atoms. The van der Waals surface area contributed by atoms with Gasteiger partial charge in [0.1, 0.15) is 0 Å². The van der Waals surface area contributed by atoms with Crippen LogP contribution in [0.4, 0.5) is 16.9 Å². The number of benzene rings is 2. The molecular weight excluding hydrogens is 603 g/mol. The third-order valence-electron chi connectivity index (χ3n) is 3.67. The van der Waals surface area contributed by atoms with Gasteiger partial charge in [0.05, 0.1) is 0 Å². The van der Waals surface area contributed by atoms with Crippen LogP contribution in [0.3, 0.4) is 0 Å². The van der Waals surface area contributed by atoms with Crippen molar-refractivity contribution in [1.29, 1.82) is 0 Å². The molecule has 0 saturated carbocycles. The molecule has 8 heteroatoms. The normalized spacial score (nSPS) is 14.3. The van der Waals surface area contributed by atoms with Gasteiger partial charge in [-0.25, -0.2) is 0 Å². The topological polar surface area (TPSA) is 0 Å². The van der Waals surface area contributed by atoms with Crippen LogP contribution in [0.1, 0.15) is 45.4 Å². The molecule has 28 heavy (non-hydrogen) atoms. The van der Waals surface area contributed by atoms with Gasteiger partial charge in [-0.2, -0.15) is 0 Å². The fraction of sp³-hybridized carbons (Fsp3) is 0.400. The van der Waals surface area contributed by atoms with Crippen LogP contribution >= 0.6 is 19.8 Å². The molecular formula is C20H27F6ISb-. The predicted octanol–water partition coefficient (Wildman–Crippen LogP) is 8.73. The van der Waals surface area contributed by atoms with Gasteiger partial charge in [0.2, 0.25) is 0 Å². The minimum absolute atomic E-state index is 1.21. The van der Waals surface area contributed by atoms with Crippen LogP contribution in [0.2, 0.25) is 0 Å². The second-order valence-electron chi connectivity index (χ2n) is 6.37. The van der Waals surface area contributed by atoms with Crippen molar-refractivity contribution in [3.8, 4) is 0 Å². The van der Waals surface area contributed by atoms with Gasteiger partial charge in [-0.1, -0.05) is 0 Å². The van der Waals surface area contributed by atoms with Gasteiger partial charge in [0.25, 0.3) is 0 Å². The first-order valence-electron chi connectivity index (χ1n) is 9.19. The third-order valence-corrected chi connectivity index (χ3v) is 9.96. The molecule has 0 aromatic heterocycles. The summed E-state index contributed by atoms with van der Waals surface area (Å²) in [6.07, 6.45) is 8.39. The Labute approximate surface area is 173 Å². The van der Waals surface area contributed by atoms with Crippen molar-refractivity contribution in [2.24, 2.45) is 0 Å². The molecule has 0 aliphatic heterocycles. The molecule has 0 saturated heterocycles. The zero-order chi connectivity index (χ0) is 21.2. The van der Waals surface area contributed by atoms with E-state index in [1.165, 1.54) is 43.0 Å². The van der Waals surface area contributed by atoms with Crippen LogP contribution in [0.5, 0.6) is 0 Å². The summed E-state index contributed by atoms with van der Waals surface area (Å²) in [5.74, 6) is 0. The van der Waals surface area contributed by atoms with Gasteiger partial charge >= 0.3 is 174 Å². The summed E-state index contributed by atoms with van der Waals surface area (Å²) in [5.41, 5.74) is 0. The summed E-state index contributed by atoms with van der Waals surface area (Å²) in [5, 5.41) is 0. The van der Waals surface area contributed by atoms with Crippen LogP contribution in [-0.2, 0) is 0 Å². The molecule has 0 aliphatic rings. The van der Waals surface area contributed by atoms with Crippen molar-refractivity contribution < 1.29 is 16.9 Å². The Kier molecular flexibility index (Phi) is 9.65. The van der Waals surface area contributed by atoms with E-state index in [2.05, 4.69) is 67.6 Å². The molecule has 0 atom stereocenters. The van der Waals surface area contributed by atoms with Crippen LogP contribution in [0.15, 0.2) is 60.7 Å². The van der Waals surface area contributed by atoms with Crippen LogP contribution < -0.4 is 0 Å². The summed E-state index contributed by atoms with van der Waals surface area (Å²) < 4.78 is 64.2. The Bertz CT molecular complexity index is 623. The molecule has 0 fully saturated rings. The van der Waals surface area contributed by atoms with Crippen LogP contribution in [0, 0.1) is 7.14 Å². The average Bonchev–Trinajstić information content (AvgIpc) is 2.60. The van der Waals surface area contributed by atoms with Crippen molar-refractivity contribution in [2.75, 3.05) is 4.43 Å². The Balaban J connectivity index is 0.000000480. The van der Waals surface area contributed by atoms with E-state index in [1.54, 1.807) is 7.14 Å². The van der Waals surface area contributed by atoms with Gasteiger partial charge in [-0.3, -0.25) is 0 Å². The zero-order valence-corrected chi connectivity index (χ0v) is 20.5. The van der Waals surface area contributed by atoms with E-state index in [0.717, 1.165) is 0 Å². The van der Waals surface area contributed by atoms with Crippen LogP contribution in [-0.4, -0.2) is 23.9 Å². The van der Waals surface area contributed by atoms with E-state index < -0.39 is 39.3 Å². The molecule has 0 amide bonds. The fourth-order valence-corrected chi connectivity index (χ4v) is 8.32. The molecule has 0 unspecified atom stereocenters. The second-order valence-corrected chi connectivity index (χ2v) is 17.5. The number of rotatable bonds is 9. The monoisotopic (exact) mass is 629 g/mol. The maximum atomic E-state index is 9.93. The summed E-state index contributed by atoms with van der Waals surface area (Å²) in [6, 6.07) is 22.4.